The molecule has 88 valence electrons. The summed E-state index contributed by atoms with van der Waals surface area (Å²) in [5.74, 6) is 0. The van der Waals surface area contributed by atoms with Crippen molar-refractivity contribution in [2.24, 2.45) is 0 Å². The minimum absolute atomic E-state index is 1.17. The highest BCUT2D eigenvalue weighted by atomic mass is 14.7. The number of hydrogen-bond donors (Lipinski definition) is 1. The van der Waals surface area contributed by atoms with Gasteiger partial charge in [0.15, 0.2) is 0 Å². The van der Waals surface area contributed by atoms with E-state index in [1.807, 2.05) is 12.1 Å². The molecule has 0 aliphatic carbocycles. The van der Waals surface area contributed by atoms with E-state index in [2.05, 4.69) is 66.5 Å². The van der Waals surface area contributed by atoms with Gasteiger partial charge in [0.1, 0.15) is 0 Å². The standard InChI is InChI=1S/C17H15N/c1-13-12-16(14-8-4-2-5-9-14)18-17(13)15-10-6-3-7-11-15/h2-12,18H,1H3. The third-order valence-corrected chi connectivity index (χ3v) is 3.16. The smallest absolute Gasteiger partial charge is 0.0488 e. The van der Waals surface area contributed by atoms with Gasteiger partial charge in [0.2, 0.25) is 0 Å². The average Bonchev–Trinajstić information content (AvgIpc) is 2.83. The van der Waals surface area contributed by atoms with E-state index in [0.717, 1.165) is 0 Å². The number of rotatable bonds is 2. The van der Waals surface area contributed by atoms with Crippen molar-refractivity contribution in [3.8, 4) is 22.5 Å². The maximum Gasteiger partial charge on any atom is 0.0488 e. The van der Waals surface area contributed by atoms with E-state index in [-0.39, 0.29) is 0 Å². The number of aromatic amines is 1. The minimum atomic E-state index is 1.17. The van der Waals surface area contributed by atoms with Crippen LogP contribution in [0.4, 0.5) is 0 Å². The zero-order valence-corrected chi connectivity index (χ0v) is 10.4. The summed E-state index contributed by atoms with van der Waals surface area (Å²) in [6.07, 6.45) is 0. The number of aryl methyl sites for hydroxylation is 1. The molecule has 18 heavy (non-hydrogen) atoms. The molecular formula is C17H15N. The van der Waals surface area contributed by atoms with Crippen molar-refractivity contribution < 1.29 is 0 Å². The fraction of sp³-hybridized carbons (Fsp3) is 0.0588. The largest absolute Gasteiger partial charge is 0.354 e. The minimum Gasteiger partial charge on any atom is -0.354 e. The molecule has 1 heterocycles. The van der Waals surface area contributed by atoms with E-state index >= 15 is 0 Å². The Labute approximate surface area is 107 Å². The average molecular weight is 233 g/mol. The highest BCUT2D eigenvalue weighted by molar-refractivity contribution is 5.71. The van der Waals surface area contributed by atoms with Crippen LogP contribution in [0.15, 0.2) is 66.7 Å². The Morgan fingerprint density at radius 2 is 1.28 bits per heavy atom. The van der Waals surface area contributed by atoms with Crippen LogP contribution >= 0.6 is 0 Å². The molecule has 1 aromatic heterocycles. The Bertz CT molecular complexity index is 636. The molecule has 3 rings (SSSR count). The van der Waals surface area contributed by atoms with Crippen LogP contribution < -0.4 is 0 Å². The zero-order chi connectivity index (χ0) is 12.4. The monoisotopic (exact) mass is 233 g/mol. The van der Waals surface area contributed by atoms with Crippen LogP contribution in [0.2, 0.25) is 0 Å². The molecule has 1 N–H and O–H groups in total. The second kappa shape index (κ2) is 4.53. The Kier molecular flexibility index (Phi) is 2.73. The molecule has 0 aliphatic heterocycles. The van der Waals surface area contributed by atoms with Gasteiger partial charge in [0, 0.05) is 11.4 Å². The Balaban J connectivity index is 2.07. The second-order valence-electron chi connectivity index (χ2n) is 4.47. The topological polar surface area (TPSA) is 15.8 Å². The lowest BCUT2D eigenvalue weighted by Crippen LogP contribution is -1.80. The van der Waals surface area contributed by atoms with E-state index in [4.69, 9.17) is 0 Å². The zero-order valence-electron chi connectivity index (χ0n) is 10.4. The lowest BCUT2D eigenvalue weighted by molar-refractivity contribution is 1.37. The van der Waals surface area contributed by atoms with Gasteiger partial charge >= 0.3 is 0 Å². The van der Waals surface area contributed by atoms with Crippen LogP contribution in [0.5, 0.6) is 0 Å². The number of aromatic nitrogens is 1. The normalized spacial score (nSPS) is 10.5. The first-order chi connectivity index (χ1) is 8.84. The number of hydrogen-bond acceptors (Lipinski definition) is 0. The van der Waals surface area contributed by atoms with Gasteiger partial charge in [-0.05, 0) is 29.7 Å². The molecule has 0 radical (unpaired) electrons. The summed E-state index contributed by atoms with van der Waals surface area (Å²) in [7, 11) is 0. The van der Waals surface area contributed by atoms with Gasteiger partial charge in [-0.2, -0.15) is 0 Å². The maximum absolute atomic E-state index is 3.51. The van der Waals surface area contributed by atoms with Gasteiger partial charge in [-0.15, -0.1) is 0 Å². The fourth-order valence-electron chi connectivity index (χ4n) is 2.24. The summed E-state index contributed by atoms with van der Waals surface area (Å²) in [4.78, 5) is 3.51. The molecular weight excluding hydrogens is 218 g/mol. The summed E-state index contributed by atoms with van der Waals surface area (Å²) < 4.78 is 0. The van der Waals surface area contributed by atoms with Crippen LogP contribution in [0.3, 0.4) is 0 Å². The van der Waals surface area contributed by atoms with Crippen molar-refractivity contribution in [1.29, 1.82) is 0 Å². The van der Waals surface area contributed by atoms with Crippen LogP contribution in [0, 0.1) is 6.92 Å². The molecule has 0 fully saturated rings. The van der Waals surface area contributed by atoms with Gasteiger partial charge in [-0.1, -0.05) is 60.7 Å². The summed E-state index contributed by atoms with van der Waals surface area (Å²) in [5.41, 5.74) is 6.11. The van der Waals surface area contributed by atoms with Crippen molar-refractivity contribution in [2.75, 3.05) is 0 Å². The molecule has 1 heteroatoms. The van der Waals surface area contributed by atoms with Gasteiger partial charge < -0.3 is 4.98 Å². The Hall–Kier alpha value is -2.28. The fourth-order valence-corrected chi connectivity index (χ4v) is 2.24. The third-order valence-electron chi connectivity index (χ3n) is 3.16. The van der Waals surface area contributed by atoms with Crippen LogP contribution in [-0.4, -0.2) is 4.98 Å². The molecule has 1 nitrogen and oxygen atoms in total. The van der Waals surface area contributed by atoms with Crippen LogP contribution in [0.25, 0.3) is 22.5 Å². The molecule has 2 aromatic carbocycles. The number of benzene rings is 2. The van der Waals surface area contributed by atoms with E-state index in [9.17, 15) is 0 Å². The molecule has 0 spiro atoms. The summed E-state index contributed by atoms with van der Waals surface area (Å²) in [5, 5.41) is 0. The van der Waals surface area contributed by atoms with Crippen molar-refractivity contribution in [2.45, 2.75) is 6.92 Å². The number of H-pyrrole nitrogens is 1. The second-order valence-corrected chi connectivity index (χ2v) is 4.47. The van der Waals surface area contributed by atoms with E-state index < -0.39 is 0 Å². The predicted molar refractivity (Wildman–Crippen MR) is 76.4 cm³/mol. The van der Waals surface area contributed by atoms with E-state index in [1.54, 1.807) is 0 Å². The molecule has 0 saturated heterocycles. The van der Waals surface area contributed by atoms with Crippen molar-refractivity contribution in [3.05, 3.63) is 72.3 Å². The lowest BCUT2D eigenvalue weighted by Gasteiger charge is -2.00. The summed E-state index contributed by atoms with van der Waals surface area (Å²) in [6, 6.07) is 23.1. The van der Waals surface area contributed by atoms with E-state index in [0.29, 0.717) is 0 Å². The van der Waals surface area contributed by atoms with Gasteiger partial charge in [0.25, 0.3) is 0 Å². The van der Waals surface area contributed by atoms with Crippen molar-refractivity contribution in [1.82, 2.24) is 4.98 Å². The molecule has 0 saturated carbocycles. The third kappa shape index (κ3) is 1.95. The molecule has 0 amide bonds. The SMILES string of the molecule is Cc1cc(-c2ccccc2)[nH]c1-c1ccccc1. The van der Waals surface area contributed by atoms with Gasteiger partial charge in [0.05, 0.1) is 0 Å². The van der Waals surface area contributed by atoms with E-state index in [1.165, 1.54) is 28.1 Å². The Morgan fingerprint density at radius 1 is 0.722 bits per heavy atom. The molecule has 0 unspecified atom stereocenters. The highest BCUT2D eigenvalue weighted by Crippen LogP contribution is 2.27. The quantitative estimate of drug-likeness (QED) is 0.662. The number of nitrogens with one attached hydrogen (secondary N) is 1. The maximum atomic E-state index is 3.51. The highest BCUT2D eigenvalue weighted by Gasteiger charge is 2.07. The summed E-state index contributed by atoms with van der Waals surface area (Å²) in [6.45, 7) is 2.14. The van der Waals surface area contributed by atoms with Crippen molar-refractivity contribution in [3.63, 3.8) is 0 Å². The summed E-state index contributed by atoms with van der Waals surface area (Å²) >= 11 is 0. The molecule has 0 atom stereocenters. The first-order valence-corrected chi connectivity index (χ1v) is 6.15. The first kappa shape index (κ1) is 10.8. The van der Waals surface area contributed by atoms with Crippen LogP contribution in [0.1, 0.15) is 5.56 Å². The van der Waals surface area contributed by atoms with Gasteiger partial charge in [-0.25, -0.2) is 0 Å². The lowest BCUT2D eigenvalue weighted by atomic mass is 10.1. The Morgan fingerprint density at radius 3 is 1.89 bits per heavy atom. The first-order valence-electron chi connectivity index (χ1n) is 6.15. The van der Waals surface area contributed by atoms with Crippen LogP contribution in [-0.2, 0) is 0 Å². The molecule has 0 aliphatic rings. The van der Waals surface area contributed by atoms with Crippen molar-refractivity contribution >= 4 is 0 Å². The van der Waals surface area contributed by atoms with Gasteiger partial charge in [-0.3, -0.25) is 0 Å². The molecule has 3 aromatic rings. The molecule has 0 bridgehead atoms. The predicted octanol–water partition coefficient (Wildman–Crippen LogP) is 4.66.